The quantitative estimate of drug-likeness (QED) is 0.644. The second-order valence-electron chi connectivity index (χ2n) is 9.55. The summed E-state index contributed by atoms with van der Waals surface area (Å²) in [5.41, 5.74) is 1.54. The van der Waals surface area contributed by atoms with Gasteiger partial charge in [0, 0.05) is 0 Å². The van der Waals surface area contributed by atoms with Gasteiger partial charge in [-0.05, 0) is 62.1 Å². The molecule has 30 heavy (non-hydrogen) atoms. The average molecular weight is 426 g/mol. The molecule has 5 rings (SSSR count). The van der Waals surface area contributed by atoms with Crippen LogP contribution in [0.3, 0.4) is 0 Å². The van der Waals surface area contributed by atoms with Crippen LogP contribution in [0.1, 0.15) is 68.5 Å². The molecule has 2 heterocycles. The lowest BCUT2D eigenvalue weighted by molar-refractivity contribution is -0.0677. The molecule has 2 aromatic rings. The van der Waals surface area contributed by atoms with Crippen molar-refractivity contribution < 1.29 is 13.2 Å². The summed E-state index contributed by atoms with van der Waals surface area (Å²) in [7, 11) is -3.69. The lowest BCUT2D eigenvalue weighted by Gasteiger charge is -2.38. The molecule has 2 saturated heterocycles. The number of sulfonamides is 1. The lowest BCUT2D eigenvalue weighted by Crippen LogP contribution is -2.48. The molecule has 0 N–H and O–H groups in total. The third-order valence-electron chi connectivity index (χ3n) is 7.47. The Kier molecular flexibility index (Phi) is 5.04. The molecule has 0 bridgehead atoms. The van der Waals surface area contributed by atoms with Crippen LogP contribution >= 0.6 is 0 Å². The van der Waals surface area contributed by atoms with Crippen LogP contribution in [0.4, 0.5) is 0 Å². The van der Waals surface area contributed by atoms with Crippen LogP contribution in [-0.2, 0) is 14.8 Å². The van der Waals surface area contributed by atoms with E-state index in [0.29, 0.717) is 11.5 Å². The first-order valence-corrected chi connectivity index (χ1v) is 12.7. The fourth-order valence-electron chi connectivity index (χ4n) is 5.96. The van der Waals surface area contributed by atoms with Gasteiger partial charge in [0.25, 0.3) is 0 Å². The molecule has 5 heteroatoms. The van der Waals surface area contributed by atoms with Crippen LogP contribution in [0.15, 0.2) is 59.5 Å². The second-order valence-corrected chi connectivity index (χ2v) is 11.4. The highest BCUT2D eigenvalue weighted by atomic mass is 32.2. The van der Waals surface area contributed by atoms with E-state index < -0.39 is 15.7 Å². The first kappa shape index (κ1) is 20.2. The van der Waals surface area contributed by atoms with Gasteiger partial charge in [-0.1, -0.05) is 67.3 Å². The van der Waals surface area contributed by atoms with E-state index in [1.165, 1.54) is 19.3 Å². The molecule has 1 aliphatic carbocycles. The van der Waals surface area contributed by atoms with E-state index in [1.54, 1.807) is 16.4 Å². The molecule has 2 spiro atoms. The maximum absolute atomic E-state index is 14.0. The van der Waals surface area contributed by atoms with Crippen LogP contribution < -0.4 is 0 Å². The summed E-state index contributed by atoms with van der Waals surface area (Å²) in [5, 5.41) is 0. The molecule has 3 fully saturated rings. The fraction of sp³-hybridized carbons (Fsp3) is 0.520. The first-order chi connectivity index (χ1) is 14.4. The number of benzene rings is 2. The number of hydrogen-bond donors (Lipinski definition) is 0. The van der Waals surface area contributed by atoms with Crippen LogP contribution in [0.5, 0.6) is 0 Å². The van der Waals surface area contributed by atoms with Crippen molar-refractivity contribution in [1.29, 1.82) is 0 Å². The van der Waals surface area contributed by atoms with Gasteiger partial charge in [0.05, 0.1) is 17.5 Å². The van der Waals surface area contributed by atoms with Crippen molar-refractivity contribution in [3.05, 3.63) is 65.7 Å². The van der Waals surface area contributed by atoms with Gasteiger partial charge in [0.1, 0.15) is 5.72 Å². The van der Waals surface area contributed by atoms with Crippen molar-refractivity contribution in [2.75, 3.05) is 6.61 Å². The number of aryl methyl sites for hydroxylation is 1. The van der Waals surface area contributed by atoms with Crippen LogP contribution in [-0.4, -0.2) is 25.1 Å². The Morgan fingerprint density at radius 1 is 0.933 bits per heavy atom. The van der Waals surface area contributed by atoms with Crippen molar-refractivity contribution in [2.24, 2.45) is 5.41 Å². The highest BCUT2D eigenvalue weighted by molar-refractivity contribution is 7.89. The van der Waals surface area contributed by atoms with E-state index >= 15 is 0 Å². The third-order valence-corrected chi connectivity index (χ3v) is 9.44. The molecule has 2 aromatic carbocycles. The molecule has 1 saturated carbocycles. The van der Waals surface area contributed by atoms with E-state index in [-0.39, 0.29) is 11.5 Å². The van der Waals surface area contributed by atoms with Gasteiger partial charge in [-0.2, -0.15) is 4.31 Å². The lowest BCUT2D eigenvalue weighted by atomic mass is 9.72. The molecule has 3 aliphatic rings. The predicted molar refractivity (Wildman–Crippen MR) is 117 cm³/mol. The zero-order chi connectivity index (χ0) is 20.8. The van der Waals surface area contributed by atoms with Gasteiger partial charge in [-0.15, -0.1) is 0 Å². The van der Waals surface area contributed by atoms with E-state index in [2.05, 4.69) is 0 Å². The molecule has 4 nitrogen and oxygen atoms in total. The van der Waals surface area contributed by atoms with Gasteiger partial charge in [-0.25, -0.2) is 8.42 Å². The van der Waals surface area contributed by atoms with E-state index in [0.717, 1.165) is 43.2 Å². The highest BCUT2D eigenvalue weighted by Gasteiger charge is 2.60. The summed E-state index contributed by atoms with van der Waals surface area (Å²) in [4.78, 5) is 0.364. The van der Waals surface area contributed by atoms with E-state index in [9.17, 15) is 8.42 Å². The summed E-state index contributed by atoms with van der Waals surface area (Å²) in [5.74, 6) is 0. The predicted octanol–water partition coefficient (Wildman–Crippen LogP) is 5.59. The number of hydrogen-bond acceptors (Lipinski definition) is 3. The second kappa shape index (κ2) is 7.47. The Morgan fingerprint density at radius 3 is 2.33 bits per heavy atom. The topological polar surface area (TPSA) is 46.6 Å². The monoisotopic (exact) mass is 425 g/mol. The number of ether oxygens (including phenoxy) is 1. The summed E-state index contributed by atoms with van der Waals surface area (Å²) < 4.78 is 36.3. The molecular formula is C25H31NO3S. The molecular weight excluding hydrogens is 394 g/mol. The molecule has 2 aliphatic heterocycles. The van der Waals surface area contributed by atoms with Crippen molar-refractivity contribution in [1.82, 2.24) is 4.31 Å². The van der Waals surface area contributed by atoms with E-state index in [4.69, 9.17) is 4.74 Å². The van der Waals surface area contributed by atoms with Crippen LogP contribution in [0, 0.1) is 12.3 Å². The SMILES string of the molecule is Cc1ccc(S(=O)(=O)N2C(c3ccccc3)CCC23CC2(CCCCC2)CO3)cc1. The van der Waals surface area contributed by atoms with Crippen molar-refractivity contribution in [3.8, 4) is 0 Å². The number of rotatable bonds is 3. The smallest absolute Gasteiger partial charge is 0.246 e. The average Bonchev–Trinajstić information content (AvgIpc) is 3.31. The summed E-state index contributed by atoms with van der Waals surface area (Å²) in [6.45, 7) is 2.67. The van der Waals surface area contributed by atoms with Gasteiger partial charge in [-0.3, -0.25) is 0 Å². The van der Waals surface area contributed by atoms with Gasteiger partial charge >= 0.3 is 0 Å². The summed E-state index contributed by atoms with van der Waals surface area (Å²) >= 11 is 0. The Balaban J connectivity index is 1.58. The molecule has 0 aromatic heterocycles. The van der Waals surface area contributed by atoms with Crippen molar-refractivity contribution in [3.63, 3.8) is 0 Å². The van der Waals surface area contributed by atoms with Crippen LogP contribution in [0.2, 0.25) is 0 Å². The van der Waals surface area contributed by atoms with Gasteiger partial charge < -0.3 is 4.74 Å². The van der Waals surface area contributed by atoms with Crippen LogP contribution in [0.25, 0.3) is 0 Å². The minimum atomic E-state index is -3.69. The largest absolute Gasteiger partial charge is 0.359 e. The molecule has 0 radical (unpaired) electrons. The fourth-order valence-corrected chi connectivity index (χ4v) is 7.88. The molecule has 0 amide bonds. The van der Waals surface area contributed by atoms with Crippen molar-refractivity contribution >= 4 is 10.0 Å². The minimum Gasteiger partial charge on any atom is -0.359 e. The van der Waals surface area contributed by atoms with Gasteiger partial charge in [0.15, 0.2) is 0 Å². The Hall–Kier alpha value is -1.69. The minimum absolute atomic E-state index is 0.144. The summed E-state index contributed by atoms with van der Waals surface area (Å²) in [6, 6.07) is 17.1. The Bertz CT molecular complexity index is 996. The maximum Gasteiger partial charge on any atom is 0.246 e. The van der Waals surface area contributed by atoms with E-state index in [1.807, 2.05) is 49.4 Å². The molecule has 160 valence electrons. The maximum atomic E-state index is 14.0. The zero-order valence-corrected chi connectivity index (χ0v) is 18.5. The van der Waals surface area contributed by atoms with Gasteiger partial charge in [0.2, 0.25) is 10.0 Å². The Morgan fingerprint density at radius 2 is 1.63 bits per heavy atom. The highest BCUT2D eigenvalue weighted by Crippen LogP contribution is 2.58. The standard InChI is InChI=1S/C25H31NO3S/c1-20-10-12-22(13-11-20)30(27,28)26-23(21-8-4-2-5-9-21)14-17-25(26)18-24(19-29-25)15-6-3-7-16-24/h2,4-5,8-13,23H,3,6-7,14-19H2,1H3. The normalized spacial score (nSPS) is 29.0. The third kappa shape index (κ3) is 3.31. The number of nitrogens with zero attached hydrogens (tertiary/aromatic N) is 1. The molecule has 2 atom stereocenters. The Labute approximate surface area is 180 Å². The molecule has 2 unspecified atom stereocenters. The first-order valence-electron chi connectivity index (χ1n) is 11.2. The van der Waals surface area contributed by atoms with Crippen molar-refractivity contribution in [2.45, 2.75) is 75.0 Å². The zero-order valence-electron chi connectivity index (χ0n) is 17.7. The summed E-state index contributed by atoms with van der Waals surface area (Å²) in [6.07, 6.45) is 8.44.